The first-order chi connectivity index (χ1) is 23.3. The first-order valence-electron chi connectivity index (χ1n) is 17.3. The normalized spacial score (nSPS) is 25.9. The highest BCUT2D eigenvalue weighted by Gasteiger charge is 2.24. The maximum Gasteiger partial charge on any atom is 0.184 e. The van der Waals surface area contributed by atoms with Gasteiger partial charge in [-0.15, -0.1) is 0 Å². The molecule has 5 aliphatic heterocycles. The Morgan fingerprint density at radius 1 is 0.625 bits per heavy atom. The Morgan fingerprint density at radius 2 is 1.17 bits per heavy atom. The van der Waals surface area contributed by atoms with Crippen molar-refractivity contribution in [3.05, 3.63) is 83.9 Å². The predicted octanol–water partition coefficient (Wildman–Crippen LogP) is 6.83. The first-order valence-corrected chi connectivity index (χ1v) is 17.3. The lowest BCUT2D eigenvalue weighted by molar-refractivity contribution is -0.0662. The van der Waals surface area contributed by atoms with Crippen LogP contribution in [0.2, 0.25) is 0 Å². The molecule has 4 atom stereocenters. The summed E-state index contributed by atoms with van der Waals surface area (Å²) in [5.74, 6) is 0.662. The van der Waals surface area contributed by atoms with Gasteiger partial charge in [0.2, 0.25) is 0 Å². The van der Waals surface area contributed by atoms with E-state index in [0.717, 1.165) is 64.7 Å². The summed E-state index contributed by atoms with van der Waals surface area (Å²) in [4.78, 5) is 0. The lowest BCUT2D eigenvalue weighted by Crippen LogP contribution is -2.11. The van der Waals surface area contributed by atoms with Crippen molar-refractivity contribution in [3.8, 4) is 0 Å². The molecule has 0 saturated carbocycles. The number of benzene rings is 2. The molecule has 5 heterocycles. The molecule has 0 spiro atoms. The van der Waals surface area contributed by atoms with Gasteiger partial charge >= 0.3 is 0 Å². The molecule has 270 valence electrons. The van der Waals surface area contributed by atoms with Crippen molar-refractivity contribution in [2.75, 3.05) is 52.9 Å². The van der Waals surface area contributed by atoms with Gasteiger partial charge in [-0.2, -0.15) is 0 Å². The van der Waals surface area contributed by atoms with Crippen LogP contribution in [0.25, 0.3) is 0 Å². The highest BCUT2D eigenvalue weighted by atomic mass is 16.7. The Kier molecular flexibility index (Phi) is 20.1. The molecule has 5 saturated heterocycles. The average Bonchev–Trinajstić information content (AvgIpc) is 3.94. The van der Waals surface area contributed by atoms with E-state index in [2.05, 4.69) is 26.0 Å². The standard InChI is InChI=1S/2C10H12O2.C8H16O2.C6H10O2.C4H8O2/c1-8-7-11-10(12-8)9-5-3-2-4-6-9;1-2-4-9(5-3-1)8-10-11-6-7-12-10;1-6(2)4-8-9-5-7(3)10-8;1-2-3-6-7-4-5-8-6;1-4-5-2-3-6-4/h2-6,8,10H,7H2,1H3;1-5,10H,6-8H2;6-8H,4-5H2,1-3H3;2-3,6H,4-5H2,1H3;4H,2-3H2,1H3. The van der Waals surface area contributed by atoms with E-state index in [1.54, 1.807) is 0 Å². The van der Waals surface area contributed by atoms with Gasteiger partial charge in [0.05, 0.1) is 65.1 Å². The summed E-state index contributed by atoms with van der Waals surface area (Å²) >= 11 is 0. The highest BCUT2D eigenvalue weighted by Crippen LogP contribution is 2.26. The van der Waals surface area contributed by atoms with Crippen molar-refractivity contribution in [1.82, 2.24) is 0 Å². The molecule has 4 unspecified atom stereocenters. The lowest BCUT2D eigenvalue weighted by Gasteiger charge is -2.11. The van der Waals surface area contributed by atoms with E-state index < -0.39 is 0 Å². The van der Waals surface area contributed by atoms with Gasteiger partial charge in [-0.3, -0.25) is 0 Å². The Bertz CT molecular complexity index is 1070. The maximum atomic E-state index is 5.53. The predicted molar refractivity (Wildman–Crippen MR) is 183 cm³/mol. The summed E-state index contributed by atoms with van der Waals surface area (Å²) in [6, 6.07) is 20.3. The maximum absolute atomic E-state index is 5.53. The van der Waals surface area contributed by atoms with Gasteiger partial charge < -0.3 is 47.4 Å². The van der Waals surface area contributed by atoms with Gasteiger partial charge in [0.25, 0.3) is 0 Å². The second-order valence-corrected chi connectivity index (χ2v) is 12.2. The lowest BCUT2D eigenvalue weighted by atomic mass is 10.1. The first kappa shape index (κ1) is 40.2. The van der Waals surface area contributed by atoms with Gasteiger partial charge in [0.1, 0.15) is 0 Å². The van der Waals surface area contributed by atoms with E-state index in [4.69, 9.17) is 47.4 Å². The van der Waals surface area contributed by atoms with Gasteiger partial charge in [-0.25, -0.2) is 0 Å². The average molecular weight is 675 g/mol. The smallest absolute Gasteiger partial charge is 0.184 e. The fraction of sp³-hybridized carbons (Fsp3) is 0.632. The molecule has 0 aromatic heterocycles. The summed E-state index contributed by atoms with van der Waals surface area (Å²) < 4.78 is 52.5. The van der Waals surface area contributed by atoms with E-state index >= 15 is 0 Å². The summed E-state index contributed by atoms with van der Waals surface area (Å²) in [7, 11) is 0. The van der Waals surface area contributed by atoms with Crippen LogP contribution in [0.1, 0.15) is 65.4 Å². The second-order valence-electron chi connectivity index (χ2n) is 12.2. The summed E-state index contributed by atoms with van der Waals surface area (Å²) in [5, 5.41) is 0. The molecule has 0 amide bonds. The number of allylic oxidation sites excluding steroid dienone is 1. The zero-order valence-electron chi connectivity index (χ0n) is 29.7. The molecule has 10 heteroatoms. The number of hydrogen-bond acceptors (Lipinski definition) is 10. The monoisotopic (exact) mass is 674 g/mol. The SMILES string of the molecule is CC(C)CC1OCC(C)O1.CC1COC(c2ccccc2)O1.CC1OCCO1.CC=CC1OCCO1.c1ccc(CC2OCCO2)cc1. The van der Waals surface area contributed by atoms with Crippen molar-refractivity contribution < 1.29 is 47.4 Å². The molecule has 7 rings (SSSR count). The van der Waals surface area contributed by atoms with Crippen molar-refractivity contribution in [1.29, 1.82) is 0 Å². The van der Waals surface area contributed by atoms with Crippen LogP contribution in [-0.2, 0) is 53.8 Å². The summed E-state index contributed by atoms with van der Waals surface area (Å²) in [6.07, 6.45) is 6.08. The van der Waals surface area contributed by atoms with Gasteiger partial charge in [-0.05, 0) is 45.3 Å². The quantitative estimate of drug-likeness (QED) is 0.304. The van der Waals surface area contributed by atoms with Crippen molar-refractivity contribution in [2.45, 2.75) is 98.0 Å². The van der Waals surface area contributed by atoms with E-state index in [9.17, 15) is 0 Å². The fourth-order valence-corrected chi connectivity index (χ4v) is 4.84. The second kappa shape index (κ2) is 24.0. The number of rotatable bonds is 6. The van der Waals surface area contributed by atoms with Gasteiger partial charge in [0.15, 0.2) is 31.5 Å². The molecule has 2 aromatic rings. The molecule has 0 radical (unpaired) electrons. The highest BCUT2D eigenvalue weighted by molar-refractivity contribution is 5.16. The zero-order chi connectivity index (χ0) is 34.4. The largest absolute Gasteiger partial charge is 0.351 e. The van der Waals surface area contributed by atoms with Crippen LogP contribution in [-0.4, -0.2) is 90.2 Å². The Balaban J connectivity index is 0.000000166. The molecule has 0 N–H and O–H groups in total. The van der Waals surface area contributed by atoms with Crippen molar-refractivity contribution in [3.63, 3.8) is 0 Å². The Hall–Kier alpha value is -2.22. The van der Waals surface area contributed by atoms with E-state index in [1.807, 2.05) is 88.4 Å². The third-order valence-electron chi connectivity index (χ3n) is 7.20. The van der Waals surface area contributed by atoms with Crippen LogP contribution < -0.4 is 0 Å². The van der Waals surface area contributed by atoms with Gasteiger partial charge in [-0.1, -0.05) is 80.6 Å². The minimum atomic E-state index is -0.152. The van der Waals surface area contributed by atoms with Crippen LogP contribution in [0.15, 0.2) is 72.8 Å². The molecule has 0 aliphatic carbocycles. The topological polar surface area (TPSA) is 92.3 Å². The molecular formula is C38H58O10. The van der Waals surface area contributed by atoms with Crippen LogP contribution in [0.3, 0.4) is 0 Å². The summed E-state index contributed by atoms with van der Waals surface area (Å²) in [5.41, 5.74) is 2.37. The third kappa shape index (κ3) is 17.4. The molecule has 5 aliphatic rings. The van der Waals surface area contributed by atoms with Crippen LogP contribution in [0.4, 0.5) is 0 Å². The molecule has 0 bridgehead atoms. The minimum absolute atomic E-state index is 0.0209. The summed E-state index contributed by atoms with van der Waals surface area (Å²) in [6.45, 7) is 18.2. The molecule has 48 heavy (non-hydrogen) atoms. The van der Waals surface area contributed by atoms with Crippen molar-refractivity contribution >= 4 is 0 Å². The van der Waals surface area contributed by atoms with E-state index in [1.165, 1.54) is 5.56 Å². The molecule has 5 fully saturated rings. The van der Waals surface area contributed by atoms with Crippen molar-refractivity contribution in [2.24, 2.45) is 5.92 Å². The number of ether oxygens (including phenoxy) is 10. The minimum Gasteiger partial charge on any atom is -0.351 e. The third-order valence-corrected chi connectivity index (χ3v) is 7.20. The zero-order valence-corrected chi connectivity index (χ0v) is 29.7. The Morgan fingerprint density at radius 3 is 1.65 bits per heavy atom. The van der Waals surface area contributed by atoms with Crippen LogP contribution in [0.5, 0.6) is 0 Å². The number of hydrogen-bond donors (Lipinski definition) is 0. The van der Waals surface area contributed by atoms with E-state index in [0.29, 0.717) is 18.6 Å². The molecule has 10 nitrogen and oxygen atoms in total. The van der Waals surface area contributed by atoms with Crippen LogP contribution >= 0.6 is 0 Å². The Labute approximate surface area is 287 Å². The van der Waals surface area contributed by atoms with E-state index in [-0.39, 0.29) is 37.6 Å². The molecule has 2 aromatic carbocycles. The van der Waals surface area contributed by atoms with Crippen LogP contribution in [0, 0.1) is 5.92 Å². The molecular weight excluding hydrogens is 616 g/mol. The fourth-order valence-electron chi connectivity index (χ4n) is 4.84. The van der Waals surface area contributed by atoms with Gasteiger partial charge in [0, 0.05) is 18.4 Å².